The molecule has 2 aliphatic rings. The van der Waals surface area contributed by atoms with Gasteiger partial charge in [0.05, 0.1) is 17.2 Å². The molecule has 2 aromatic carbocycles. The molecule has 1 aliphatic carbocycles. The Morgan fingerprint density at radius 1 is 1.05 bits per heavy atom. The fraction of sp³-hybridized carbons (Fsp3) is 0.424. The van der Waals surface area contributed by atoms with Crippen LogP contribution >= 0.6 is 0 Å². The molecule has 0 radical (unpaired) electrons. The monoisotopic (exact) mass is 528 g/mol. The van der Waals surface area contributed by atoms with Gasteiger partial charge in [-0.25, -0.2) is 4.79 Å². The number of imide groups is 1. The summed E-state index contributed by atoms with van der Waals surface area (Å²) in [4.78, 5) is 40.4. The number of carbonyl (C=O) groups excluding carboxylic acids is 3. The van der Waals surface area contributed by atoms with Crippen LogP contribution in [-0.4, -0.2) is 35.0 Å². The van der Waals surface area contributed by atoms with E-state index in [9.17, 15) is 14.4 Å². The van der Waals surface area contributed by atoms with Crippen molar-refractivity contribution >= 4 is 24.0 Å². The molecule has 0 bridgehead atoms. The number of hydrogen-bond donors (Lipinski definition) is 1. The predicted molar refractivity (Wildman–Crippen MR) is 154 cm³/mol. The van der Waals surface area contributed by atoms with Gasteiger partial charge >= 0.3 is 6.09 Å². The highest BCUT2D eigenvalue weighted by Crippen LogP contribution is 2.41. The second-order valence-electron chi connectivity index (χ2n) is 12.2. The van der Waals surface area contributed by atoms with Crippen LogP contribution in [-0.2, 0) is 4.74 Å². The third-order valence-corrected chi connectivity index (χ3v) is 7.50. The summed E-state index contributed by atoms with van der Waals surface area (Å²) in [7, 11) is 0. The number of hydrogen-bond acceptors (Lipinski definition) is 4. The number of allylic oxidation sites excluding steroid dienone is 3. The van der Waals surface area contributed by atoms with E-state index in [0.717, 1.165) is 24.0 Å². The van der Waals surface area contributed by atoms with Gasteiger partial charge in [0.25, 0.3) is 11.8 Å². The van der Waals surface area contributed by atoms with Crippen LogP contribution < -0.4 is 5.32 Å². The van der Waals surface area contributed by atoms with Crippen LogP contribution in [0.2, 0.25) is 0 Å². The lowest BCUT2D eigenvalue weighted by atomic mass is 9.72. The first-order valence-electron chi connectivity index (χ1n) is 13.8. The molecule has 1 aliphatic heterocycles. The van der Waals surface area contributed by atoms with Crippen molar-refractivity contribution in [3.8, 4) is 0 Å². The molecule has 4 rings (SSSR count). The molecule has 6 nitrogen and oxygen atoms in total. The van der Waals surface area contributed by atoms with Gasteiger partial charge in [-0.05, 0) is 93.7 Å². The van der Waals surface area contributed by atoms with Crippen LogP contribution in [0.3, 0.4) is 0 Å². The Hall–Kier alpha value is -3.67. The Morgan fingerprint density at radius 2 is 1.72 bits per heavy atom. The lowest BCUT2D eigenvalue weighted by Crippen LogP contribution is -2.38. The first kappa shape index (κ1) is 28.3. The Kier molecular flexibility index (Phi) is 8.15. The topological polar surface area (TPSA) is 75.7 Å². The molecule has 0 spiro atoms. The molecule has 6 heteroatoms. The maximum atomic E-state index is 13.4. The third-order valence-electron chi connectivity index (χ3n) is 7.50. The van der Waals surface area contributed by atoms with E-state index < -0.39 is 17.7 Å². The zero-order chi connectivity index (χ0) is 28.4. The van der Waals surface area contributed by atoms with Crippen LogP contribution in [0.4, 0.5) is 4.79 Å². The van der Waals surface area contributed by atoms with Crippen LogP contribution in [0.25, 0.3) is 6.08 Å². The lowest BCUT2D eigenvalue weighted by Gasteiger charge is -2.33. The summed E-state index contributed by atoms with van der Waals surface area (Å²) in [5.41, 5.74) is 4.96. The largest absolute Gasteiger partial charge is 0.444 e. The van der Waals surface area contributed by atoms with Crippen LogP contribution in [0.5, 0.6) is 0 Å². The molecule has 3 amide bonds. The SMILES string of the molecule is CC1=C(C=Cc2cccc(C(CCNC(=O)OC(C)(C)C)N3C(=O)c4ccccc4C3=O)c2)C(C)(C)CCC1. The molecule has 1 heterocycles. The lowest BCUT2D eigenvalue weighted by molar-refractivity contribution is 0.0517. The zero-order valence-electron chi connectivity index (χ0n) is 24.0. The van der Waals surface area contributed by atoms with Gasteiger partial charge in [0.15, 0.2) is 0 Å². The summed E-state index contributed by atoms with van der Waals surface area (Å²) < 4.78 is 5.37. The van der Waals surface area contributed by atoms with Crippen molar-refractivity contribution in [1.29, 1.82) is 0 Å². The first-order chi connectivity index (χ1) is 18.4. The van der Waals surface area contributed by atoms with Crippen molar-refractivity contribution in [2.24, 2.45) is 5.41 Å². The number of fused-ring (bicyclic) bond motifs is 1. The van der Waals surface area contributed by atoms with Gasteiger partial charge in [-0.15, -0.1) is 0 Å². The molecule has 1 atom stereocenters. The predicted octanol–water partition coefficient (Wildman–Crippen LogP) is 7.48. The summed E-state index contributed by atoms with van der Waals surface area (Å²) in [5.74, 6) is -0.632. The van der Waals surface area contributed by atoms with Crippen LogP contribution in [0.1, 0.15) is 105 Å². The maximum Gasteiger partial charge on any atom is 0.407 e. The number of nitrogens with one attached hydrogen (secondary N) is 1. The van der Waals surface area contributed by atoms with Gasteiger partial charge in [-0.2, -0.15) is 0 Å². The molecule has 0 saturated carbocycles. The Bertz CT molecular complexity index is 1290. The molecule has 0 fully saturated rings. The van der Waals surface area contributed by atoms with E-state index in [1.807, 2.05) is 24.3 Å². The van der Waals surface area contributed by atoms with Gasteiger partial charge in [0.2, 0.25) is 0 Å². The van der Waals surface area contributed by atoms with Gasteiger partial charge in [-0.1, -0.05) is 61.9 Å². The molecule has 1 N–H and O–H groups in total. The van der Waals surface area contributed by atoms with Crippen molar-refractivity contribution in [1.82, 2.24) is 10.2 Å². The molecule has 39 heavy (non-hydrogen) atoms. The van der Waals surface area contributed by atoms with E-state index in [1.54, 1.807) is 45.0 Å². The van der Waals surface area contributed by atoms with Gasteiger partial charge < -0.3 is 10.1 Å². The highest BCUT2D eigenvalue weighted by atomic mass is 16.6. The standard InChI is InChI=1S/C33H40N2O4/c1-22-11-10-19-33(5,6)27(22)17-16-23-12-9-13-24(21-23)28(18-20-34-31(38)39-32(2,3)4)35-29(36)25-14-7-8-15-26(25)30(35)37/h7-9,12-17,21,28H,10-11,18-20H2,1-6H3,(H,34,38). The molecule has 2 aromatic rings. The van der Waals surface area contributed by atoms with Gasteiger partial charge in [-0.3, -0.25) is 14.5 Å². The van der Waals surface area contributed by atoms with Crippen molar-refractivity contribution in [2.45, 2.75) is 78.9 Å². The minimum absolute atomic E-state index is 0.131. The second-order valence-corrected chi connectivity index (χ2v) is 12.2. The van der Waals surface area contributed by atoms with Gasteiger partial charge in [0, 0.05) is 6.54 Å². The summed E-state index contributed by atoms with van der Waals surface area (Å²) in [5, 5.41) is 2.78. The quantitative estimate of drug-likeness (QED) is 0.378. The van der Waals surface area contributed by atoms with Crippen molar-refractivity contribution in [2.75, 3.05) is 6.54 Å². The Balaban J connectivity index is 1.62. The summed E-state index contributed by atoms with van der Waals surface area (Å²) in [6.45, 7) is 12.5. The van der Waals surface area contributed by atoms with E-state index in [2.05, 4.69) is 38.2 Å². The van der Waals surface area contributed by atoms with Crippen molar-refractivity contribution in [3.63, 3.8) is 0 Å². The first-order valence-corrected chi connectivity index (χ1v) is 13.8. The number of rotatable bonds is 7. The smallest absolute Gasteiger partial charge is 0.407 e. The Morgan fingerprint density at radius 3 is 2.33 bits per heavy atom. The summed E-state index contributed by atoms with van der Waals surface area (Å²) in [6.07, 6.45) is 7.66. The van der Waals surface area contributed by atoms with E-state index in [1.165, 1.54) is 22.5 Å². The van der Waals surface area contributed by atoms with Crippen LogP contribution in [0.15, 0.2) is 65.8 Å². The molecule has 0 saturated heterocycles. The normalized spacial score (nSPS) is 17.9. The number of nitrogens with zero attached hydrogens (tertiary/aromatic N) is 1. The molecule has 1 unspecified atom stereocenters. The summed E-state index contributed by atoms with van der Waals surface area (Å²) in [6, 6.07) is 14.3. The Labute approximate surface area is 232 Å². The average molecular weight is 529 g/mol. The van der Waals surface area contributed by atoms with Crippen LogP contribution in [0, 0.1) is 5.41 Å². The van der Waals surface area contributed by atoms with Gasteiger partial charge in [0.1, 0.15) is 5.60 Å². The number of ether oxygens (including phenoxy) is 1. The van der Waals surface area contributed by atoms with E-state index in [0.29, 0.717) is 17.5 Å². The fourth-order valence-electron chi connectivity index (χ4n) is 5.62. The van der Waals surface area contributed by atoms with E-state index in [4.69, 9.17) is 4.74 Å². The minimum atomic E-state index is -0.618. The fourth-order valence-corrected chi connectivity index (χ4v) is 5.62. The minimum Gasteiger partial charge on any atom is -0.444 e. The van der Waals surface area contributed by atoms with E-state index >= 15 is 0 Å². The number of alkyl carbamates (subject to hydrolysis) is 1. The number of amides is 3. The molecule has 0 aromatic heterocycles. The molecule has 206 valence electrons. The number of carbonyl (C=O) groups is 3. The second kappa shape index (κ2) is 11.2. The molecular weight excluding hydrogens is 488 g/mol. The van der Waals surface area contributed by atoms with Crippen molar-refractivity contribution in [3.05, 3.63) is 88.0 Å². The summed E-state index contributed by atoms with van der Waals surface area (Å²) >= 11 is 0. The highest BCUT2D eigenvalue weighted by molar-refractivity contribution is 6.21. The maximum absolute atomic E-state index is 13.4. The third kappa shape index (κ3) is 6.49. The number of benzene rings is 2. The average Bonchev–Trinajstić information content (AvgIpc) is 3.10. The zero-order valence-corrected chi connectivity index (χ0v) is 24.0. The highest BCUT2D eigenvalue weighted by Gasteiger charge is 2.40. The molecular formula is C33H40N2O4. The van der Waals surface area contributed by atoms with Crippen molar-refractivity contribution < 1.29 is 19.1 Å². The van der Waals surface area contributed by atoms with E-state index in [-0.39, 0.29) is 23.8 Å².